The SMILES string of the molecule is CCCC(=O)OCN(CCCc1nc(C(=O)NCC[C@H](C)C(=O)NNC(=O)OCCSSC[C@@H](NC(=O)CNC(=O)CNC(=O)CNC(=O)CNC(=O)CNC(=O)CC[C@@H](NC(=O)c2ccc(NCc3cnc4nc(N)[nH]c(=O)c4n3)cc2)C(=O)O)C(=O)O)cs1)C(=O)[C@@H](NC(=O)[C@H]1CCCCCN1C)C(C)CC. The van der Waals surface area contributed by atoms with Crippen LogP contribution in [0.2, 0.25) is 0 Å². The van der Waals surface area contributed by atoms with Crippen molar-refractivity contribution in [3.63, 3.8) is 0 Å². The smallest absolute Gasteiger partial charge is 0.426 e. The van der Waals surface area contributed by atoms with Gasteiger partial charge in [0, 0.05) is 66.4 Å². The summed E-state index contributed by atoms with van der Waals surface area (Å²) < 4.78 is 10.5. The third-order valence-corrected chi connectivity index (χ3v) is 19.7. The highest BCUT2D eigenvalue weighted by molar-refractivity contribution is 8.76. The van der Waals surface area contributed by atoms with Gasteiger partial charge in [0.1, 0.15) is 30.4 Å². The molecule has 596 valence electrons. The lowest BCUT2D eigenvalue weighted by atomic mass is 9.96. The molecule has 4 aromatic rings. The molecule has 1 aliphatic rings. The summed E-state index contributed by atoms with van der Waals surface area (Å²) in [7, 11) is 4.04. The number of aromatic nitrogens is 5. The predicted molar refractivity (Wildman–Crippen MR) is 397 cm³/mol. The highest BCUT2D eigenvalue weighted by atomic mass is 33.1. The second-order valence-corrected chi connectivity index (χ2v) is 28.5. The molecule has 0 bridgehead atoms. The van der Waals surface area contributed by atoms with Gasteiger partial charge in [0.05, 0.1) is 62.2 Å². The number of aromatic amines is 1. The summed E-state index contributed by atoms with van der Waals surface area (Å²) in [6.07, 6.45) is 5.60. The molecule has 12 amide bonds. The van der Waals surface area contributed by atoms with Crippen LogP contribution in [0.1, 0.15) is 130 Å². The maximum Gasteiger partial charge on any atom is 0.426 e. The number of nitrogens with zero attached hydrogens (tertiary/aromatic N) is 6. The number of aryl methyl sites for hydroxylation is 1. The summed E-state index contributed by atoms with van der Waals surface area (Å²) in [5.41, 5.74) is 10.6. The lowest BCUT2D eigenvalue weighted by Crippen LogP contribution is -2.56. The zero-order chi connectivity index (χ0) is 80.0. The second kappa shape index (κ2) is 47.1. The van der Waals surface area contributed by atoms with Gasteiger partial charge in [-0.25, -0.2) is 34.8 Å². The Labute approximate surface area is 637 Å². The molecule has 1 aliphatic heterocycles. The van der Waals surface area contributed by atoms with Gasteiger partial charge in [-0.1, -0.05) is 68.5 Å². The molecule has 109 heavy (non-hydrogen) atoms. The molecular weight excluding hydrogens is 1490 g/mol. The zero-order valence-corrected chi connectivity index (χ0v) is 63.3. The molecule has 1 unspecified atom stereocenters. The number of carbonyl (C=O) groups is 15. The Hall–Kier alpha value is -10.8. The monoisotopic (exact) mass is 1580 g/mol. The van der Waals surface area contributed by atoms with Gasteiger partial charge in [0.2, 0.25) is 59.1 Å². The summed E-state index contributed by atoms with van der Waals surface area (Å²) in [5, 5.41) is 46.0. The Morgan fingerprint density at radius 2 is 1.39 bits per heavy atom. The molecule has 5 rings (SSSR count). The third-order valence-electron chi connectivity index (χ3n) is 16.4. The Morgan fingerprint density at radius 3 is 2.03 bits per heavy atom. The number of nitrogens with one attached hydrogen (secondary N) is 13. The largest absolute Gasteiger partial charge is 0.480 e. The van der Waals surface area contributed by atoms with E-state index in [1.54, 1.807) is 24.4 Å². The van der Waals surface area contributed by atoms with Gasteiger partial charge in [-0.15, -0.1) is 11.3 Å². The summed E-state index contributed by atoms with van der Waals surface area (Å²) in [6.45, 7) is 4.76. The van der Waals surface area contributed by atoms with Crippen molar-refractivity contribution in [1.29, 1.82) is 0 Å². The van der Waals surface area contributed by atoms with Crippen molar-refractivity contribution in [2.24, 2.45) is 11.8 Å². The fourth-order valence-corrected chi connectivity index (χ4v) is 12.8. The number of aliphatic carboxylic acids is 2. The molecule has 1 fully saturated rings. The van der Waals surface area contributed by atoms with Crippen LogP contribution in [-0.2, 0) is 80.0 Å². The van der Waals surface area contributed by atoms with E-state index < -0.39 is 146 Å². The number of likely N-dealkylation sites (N-methyl/N-ethyl adjacent to an activating group) is 1. The number of thiazole rings is 1. The number of amides is 12. The third kappa shape index (κ3) is 32.7. The van der Waals surface area contributed by atoms with Crippen LogP contribution in [0.5, 0.6) is 0 Å². The minimum Gasteiger partial charge on any atom is -0.480 e. The minimum absolute atomic E-state index is 0.00673. The standard InChI is InChI=1S/C66H94N20O20S3/c1-6-12-53(93)106-36-86(62(99)54(37(3)7-2)80-60(97)45-13-9-8-10-23-85(45)5)24-11-14-52-78-43(34-107-52)59(96)68-22-21-38(4)57(94)83-84-66(104)105-25-26-108-109-35-44(64(102)103)77-51(92)33-74-50(91)32-73-49(90)31-72-48(89)30-71-47(88)29-70-46(87)20-19-42(63(100)101)79-58(95)39-15-17-40(18-16-39)69-27-41-28-75-56-55(76-41)61(98)82-65(67)81-56/h15-18,28,34,37-38,42,44-45,54,69H,6-14,19-27,29-33,35-36H2,1-5H3,(H,68,96)(H,70,87)(H,71,88)(H,72,89)(H,73,90)(H,74,91)(H,77,92)(H,79,95)(H,80,97)(H,83,94)(H,84,104)(H,100,101)(H,102,103)(H3,67,75,81,82,98)/t37?,38-,42+,44+,45+,54-/m0/s1. The Kier molecular flexibility index (Phi) is 38.4. The van der Waals surface area contributed by atoms with Gasteiger partial charge >= 0.3 is 24.0 Å². The maximum absolute atomic E-state index is 14.2. The van der Waals surface area contributed by atoms with E-state index in [4.69, 9.17) is 15.2 Å². The van der Waals surface area contributed by atoms with Gasteiger partial charge in [-0.05, 0) is 82.3 Å². The lowest BCUT2D eigenvalue weighted by molar-refractivity contribution is -0.155. The molecular formula is C66H94N20O20S3. The number of hydrogen-bond donors (Lipinski definition) is 16. The van der Waals surface area contributed by atoms with Crippen LogP contribution in [0, 0.1) is 11.8 Å². The van der Waals surface area contributed by atoms with E-state index >= 15 is 0 Å². The van der Waals surface area contributed by atoms with Gasteiger partial charge in [0.25, 0.3) is 17.4 Å². The van der Waals surface area contributed by atoms with Crippen LogP contribution < -0.4 is 75.3 Å². The number of nitrogen functional groups attached to an aromatic ring is 1. The van der Waals surface area contributed by atoms with E-state index in [2.05, 4.69) is 88.9 Å². The molecule has 1 saturated heterocycles. The van der Waals surface area contributed by atoms with Crippen LogP contribution in [-0.4, -0.2) is 242 Å². The number of fused-ring (bicyclic) bond motifs is 1. The van der Waals surface area contributed by atoms with Crippen molar-refractivity contribution in [3.05, 3.63) is 68.2 Å². The normalized spacial score (nSPS) is 14.0. The number of likely N-dealkylation sites (tertiary alicyclic amines) is 1. The first-order chi connectivity index (χ1) is 52.0. The van der Waals surface area contributed by atoms with E-state index in [9.17, 15) is 86.9 Å². The summed E-state index contributed by atoms with van der Waals surface area (Å²) >= 11 is 1.25. The molecule has 40 nitrogen and oxygen atoms in total. The fraction of sp³-hybridized carbons (Fsp3) is 0.545. The Morgan fingerprint density at radius 1 is 0.734 bits per heavy atom. The fourth-order valence-electron chi connectivity index (χ4n) is 9.98. The minimum atomic E-state index is -1.49. The number of hydrazine groups is 1. The summed E-state index contributed by atoms with van der Waals surface area (Å²) in [5.74, 6) is -11.7. The molecule has 17 N–H and O–H groups in total. The number of carboxylic acid groups (broad SMARTS) is 2. The van der Waals surface area contributed by atoms with Crippen molar-refractivity contribution >= 4 is 145 Å². The molecule has 43 heteroatoms. The van der Waals surface area contributed by atoms with Gasteiger partial charge in [-0.3, -0.25) is 77.6 Å². The van der Waals surface area contributed by atoms with Crippen molar-refractivity contribution in [1.82, 2.24) is 93.4 Å². The number of rotatable bonds is 45. The molecule has 1 aromatic carbocycles. The molecule has 6 atom stereocenters. The number of ether oxygens (including phenoxy) is 2. The maximum atomic E-state index is 14.2. The number of anilines is 2. The first kappa shape index (κ1) is 88.8. The van der Waals surface area contributed by atoms with Crippen molar-refractivity contribution < 1.29 is 91.6 Å². The highest BCUT2D eigenvalue weighted by Crippen LogP contribution is 2.23. The number of hydrogen-bond acceptors (Lipinski definition) is 28. The van der Waals surface area contributed by atoms with E-state index in [0.717, 1.165) is 47.4 Å². The summed E-state index contributed by atoms with van der Waals surface area (Å²) in [4.78, 5) is 224. The average Bonchev–Trinajstić information content (AvgIpc) is 1.73. The van der Waals surface area contributed by atoms with E-state index in [0.29, 0.717) is 48.5 Å². The molecule has 0 spiro atoms. The van der Waals surface area contributed by atoms with Crippen LogP contribution in [0.3, 0.4) is 0 Å². The molecule has 0 saturated carbocycles. The number of H-pyrrole nitrogens is 1. The quantitative estimate of drug-likeness (QED) is 0.00791. The van der Waals surface area contributed by atoms with E-state index in [1.807, 2.05) is 32.7 Å². The molecule has 3 aromatic heterocycles. The second-order valence-electron chi connectivity index (χ2n) is 24.9. The average molecular weight is 1580 g/mol. The molecule has 4 heterocycles. The highest BCUT2D eigenvalue weighted by Gasteiger charge is 2.35. The van der Waals surface area contributed by atoms with Gasteiger partial charge < -0.3 is 83.5 Å². The van der Waals surface area contributed by atoms with Crippen LogP contribution in [0.25, 0.3) is 11.2 Å². The summed E-state index contributed by atoms with van der Waals surface area (Å²) in [6, 6.07) is 1.82. The van der Waals surface area contributed by atoms with Crippen molar-refractivity contribution in [3.8, 4) is 0 Å². The Bertz CT molecular complexity index is 3890. The van der Waals surface area contributed by atoms with Gasteiger partial charge in [-0.2, -0.15) is 4.98 Å². The van der Waals surface area contributed by atoms with E-state index in [1.165, 1.54) is 34.6 Å². The van der Waals surface area contributed by atoms with Crippen LogP contribution >= 0.6 is 32.9 Å². The van der Waals surface area contributed by atoms with E-state index in [-0.39, 0.29) is 116 Å². The predicted octanol–water partition coefficient (Wildman–Crippen LogP) is -1.46. The van der Waals surface area contributed by atoms with Crippen LogP contribution in [0.4, 0.5) is 16.4 Å². The lowest BCUT2D eigenvalue weighted by Gasteiger charge is -2.32. The topological polar surface area (TPSA) is 576 Å². The first-order valence-corrected chi connectivity index (χ1v) is 38.3. The van der Waals surface area contributed by atoms with Crippen LogP contribution in [0.15, 0.2) is 40.6 Å². The zero-order valence-electron chi connectivity index (χ0n) is 60.8. The van der Waals surface area contributed by atoms with Gasteiger partial charge in [0.15, 0.2) is 17.9 Å². The molecule has 0 radical (unpaired) electrons. The number of benzene rings is 1. The van der Waals surface area contributed by atoms with Crippen molar-refractivity contribution in [2.75, 3.05) is 95.3 Å². The number of nitrogens with two attached hydrogens (primary N) is 1. The number of esters is 1. The number of carboxylic acids is 2. The van der Waals surface area contributed by atoms with Crippen molar-refractivity contribution in [2.45, 2.75) is 135 Å². The Balaban J connectivity index is 0.864. The first-order valence-electron chi connectivity index (χ1n) is 34.9. The number of carbonyl (C=O) groups excluding carboxylic acids is 13. The molecule has 0 aliphatic carbocycles.